The minimum absolute atomic E-state index is 0.0616. The molecule has 9 atom stereocenters. The molecule has 23 heavy (non-hydrogen) atoms. The van der Waals surface area contributed by atoms with E-state index in [9.17, 15) is 15.3 Å². The van der Waals surface area contributed by atoms with Crippen molar-refractivity contribution in [2.45, 2.75) is 89.4 Å². The van der Waals surface area contributed by atoms with Crippen molar-refractivity contribution >= 4 is 0 Å². The highest BCUT2D eigenvalue weighted by atomic mass is 16.3. The number of hydrogen-bond donors (Lipinski definition) is 3. The Labute approximate surface area is 140 Å². The van der Waals surface area contributed by atoms with Gasteiger partial charge in [-0.2, -0.15) is 0 Å². The molecule has 0 spiro atoms. The van der Waals surface area contributed by atoms with Crippen LogP contribution in [0.2, 0.25) is 0 Å². The number of hydrogen-bond acceptors (Lipinski definition) is 3. The Morgan fingerprint density at radius 3 is 2.39 bits per heavy atom. The monoisotopic (exact) mass is 322 g/mol. The van der Waals surface area contributed by atoms with Crippen LogP contribution in [-0.4, -0.2) is 33.1 Å². The quantitative estimate of drug-likeness (QED) is 0.695. The maximum Gasteiger partial charge on any atom is 0.0958 e. The van der Waals surface area contributed by atoms with Crippen LogP contribution < -0.4 is 0 Å². The molecule has 4 rings (SSSR count). The highest BCUT2D eigenvalue weighted by molar-refractivity contribution is 5.13. The second-order valence-corrected chi connectivity index (χ2v) is 9.50. The Morgan fingerprint density at radius 2 is 1.65 bits per heavy atom. The minimum atomic E-state index is -0.887. The molecule has 3 N–H and O–H groups in total. The van der Waals surface area contributed by atoms with Crippen LogP contribution in [0.25, 0.3) is 0 Å². The normalized spacial score (nSPS) is 57.3. The fraction of sp³-hybridized carbons (Fsp3) is 1.00. The molecule has 1 unspecified atom stereocenters. The molecule has 0 amide bonds. The van der Waals surface area contributed by atoms with Crippen molar-refractivity contribution < 1.29 is 15.3 Å². The summed E-state index contributed by atoms with van der Waals surface area (Å²) in [6, 6.07) is 0. The van der Waals surface area contributed by atoms with Gasteiger partial charge in [0.1, 0.15) is 0 Å². The molecule has 0 heterocycles. The lowest BCUT2D eigenvalue weighted by Gasteiger charge is -2.57. The zero-order chi connectivity index (χ0) is 16.4. The molecule has 3 nitrogen and oxygen atoms in total. The molecular formula is C20H34O3. The first-order chi connectivity index (χ1) is 10.9. The molecule has 4 aliphatic carbocycles. The summed E-state index contributed by atoms with van der Waals surface area (Å²) in [7, 11) is 0. The summed E-state index contributed by atoms with van der Waals surface area (Å²) >= 11 is 0. The van der Waals surface area contributed by atoms with E-state index in [0.717, 1.165) is 55.8 Å². The molecule has 4 fully saturated rings. The highest BCUT2D eigenvalue weighted by Crippen LogP contribution is 2.65. The minimum Gasteiger partial charge on any atom is -0.393 e. The molecule has 3 heteroatoms. The van der Waals surface area contributed by atoms with E-state index in [0.29, 0.717) is 5.92 Å². The lowest BCUT2D eigenvalue weighted by molar-refractivity contribution is -0.174. The molecule has 4 aliphatic rings. The first-order valence-electron chi connectivity index (χ1n) is 9.95. The van der Waals surface area contributed by atoms with Crippen LogP contribution in [0.15, 0.2) is 0 Å². The second kappa shape index (κ2) is 5.44. The predicted octanol–water partition coefficient (Wildman–Crippen LogP) is 3.11. The second-order valence-electron chi connectivity index (χ2n) is 9.50. The van der Waals surface area contributed by atoms with Gasteiger partial charge in [0.15, 0.2) is 0 Å². The van der Waals surface area contributed by atoms with Crippen molar-refractivity contribution in [1.29, 1.82) is 0 Å². The van der Waals surface area contributed by atoms with Crippen molar-refractivity contribution in [3.05, 3.63) is 0 Å². The molecule has 0 aromatic heterocycles. The van der Waals surface area contributed by atoms with E-state index < -0.39 is 11.7 Å². The van der Waals surface area contributed by atoms with E-state index in [1.54, 1.807) is 6.92 Å². The number of aliphatic hydroxyl groups excluding tert-OH is 2. The third-order valence-electron chi connectivity index (χ3n) is 8.83. The van der Waals surface area contributed by atoms with Gasteiger partial charge in [-0.05, 0) is 94.3 Å². The summed E-state index contributed by atoms with van der Waals surface area (Å²) in [5.74, 6) is 3.66. The molecule has 0 saturated heterocycles. The van der Waals surface area contributed by atoms with E-state index in [2.05, 4.69) is 6.92 Å². The Morgan fingerprint density at radius 1 is 0.913 bits per heavy atom. The molecule has 0 aromatic rings. The van der Waals surface area contributed by atoms with E-state index >= 15 is 0 Å². The number of rotatable bonds is 1. The SMILES string of the molecule is CC(O)[C@]1(O)CC[C@H]2[C@@H]3CC[C@@H]4C[C@H](O)CC[C@@H]4[C@H]3CC[C@@]21C. The van der Waals surface area contributed by atoms with E-state index in [4.69, 9.17) is 0 Å². The number of fused-ring (bicyclic) bond motifs is 5. The van der Waals surface area contributed by atoms with Crippen LogP contribution in [0, 0.1) is 35.0 Å². The average molecular weight is 322 g/mol. The summed E-state index contributed by atoms with van der Waals surface area (Å²) in [6.45, 7) is 4.03. The van der Waals surface area contributed by atoms with Crippen LogP contribution in [0.3, 0.4) is 0 Å². The van der Waals surface area contributed by atoms with Crippen LogP contribution in [-0.2, 0) is 0 Å². The predicted molar refractivity (Wildman–Crippen MR) is 89.7 cm³/mol. The van der Waals surface area contributed by atoms with Gasteiger partial charge in [-0.25, -0.2) is 0 Å². The molecule has 0 radical (unpaired) electrons. The van der Waals surface area contributed by atoms with Gasteiger partial charge in [0, 0.05) is 5.41 Å². The Kier molecular flexibility index (Phi) is 3.87. The maximum atomic E-state index is 11.2. The van der Waals surface area contributed by atoms with Crippen molar-refractivity contribution in [3.63, 3.8) is 0 Å². The van der Waals surface area contributed by atoms with Gasteiger partial charge in [-0.1, -0.05) is 6.92 Å². The first kappa shape index (κ1) is 16.4. The van der Waals surface area contributed by atoms with Crippen LogP contribution in [0.1, 0.15) is 71.6 Å². The van der Waals surface area contributed by atoms with Crippen LogP contribution >= 0.6 is 0 Å². The van der Waals surface area contributed by atoms with Gasteiger partial charge >= 0.3 is 0 Å². The largest absolute Gasteiger partial charge is 0.393 e. The Hall–Kier alpha value is -0.120. The summed E-state index contributed by atoms with van der Waals surface area (Å²) in [5, 5.41) is 31.5. The summed E-state index contributed by atoms with van der Waals surface area (Å²) in [4.78, 5) is 0. The topological polar surface area (TPSA) is 60.7 Å². The molecule has 0 aliphatic heterocycles. The van der Waals surface area contributed by atoms with Gasteiger partial charge in [0.25, 0.3) is 0 Å². The van der Waals surface area contributed by atoms with Gasteiger partial charge in [-0.3, -0.25) is 0 Å². The summed E-state index contributed by atoms with van der Waals surface area (Å²) in [6.07, 6.45) is 9.19. The van der Waals surface area contributed by atoms with Gasteiger partial charge in [-0.15, -0.1) is 0 Å². The van der Waals surface area contributed by atoms with Gasteiger partial charge in [0.2, 0.25) is 0 Å². The van der Waals surface area contributed by atoms with Crippen LogP contribution in [0.5, 0.6) is 0 Å². The standard InChI is InChI=1S/C20H34O3/c1-12(21)20(23)10-8-18-17-5-3-13-11-14(22)4-6-15(13)16(17)7-9-19(18,20)2/h12-18,21-23H,3-11H2,1-2H3/t12?,13-,14-,15+,16-,17-,18+,19+,20-/m1/s1. The zero-order valence-electron chi connectivity index (χ0n) is 14.7. The van der Waals surface area contributed by atoms with Crippen molar-refractivity contribution in [1.82, 2.24) is 0 Å². The van der Waals surface area contributed by atoms with E-state index in [1.807, 2.05) is 0 Å². The molecule has 132 valence electrons. The average Bonchev–Trinajstić information content (AvgIpc) is 2.80. The Bertz CT molecular complexity index is 464. The third-order valence-corrected chi connectivity index (χ3v) is 8.83. The maximum absolute atomic E-state index is 11.2. The zero-order valence-corrected chi connectivity index (χ0v) is 14.7. The van der Waals surface area contributed by atoms with E-state index in [1.165, 1.54) is 25.7 Å². The van der Waals surface area contributed by atoms with Gasteiger partial charge < -0.3 is 15.3 Å². The summed E-state index contributed by atoms with van der Waals surface area (Å²) in [5.41, 5.74) is -0.994. The molecule has 0 bridgehead atoms. The number of aliphatic hydroxyl groups is 3. The lowest BCUT2D eigenvalue weighted by Crippen LogP contribution is -2.57. The van der Waals surface area contributed by atoms with Crippen molar-refractivity contribution in [2.75, 3.05) is 0 Å². The molecule has 4 saturated carbocycles. The van der Waals surface area contributed by atoms with Gasteiger partial charge in [0.05, 0.1) is 17.8 Å². The molecule has 0 aromatic carbocycles. The lowest BCUT2D eigenvalue weighted by atomic mass is 9.49. The Balaban J connectivity index is 1.59. The van der Waals surface area contributed by atoms with Crippen molar-refractivity contribution in [2.24, 2.45) is 35.0 Å². The smallest absolute Gasteiger partial charge is 0.0958 e. The summed E-state index contributed by atoms with van der Waals surface area (Å²) < 4.78 is 0. The van der Waals surface area contributed by atoms with Crippen molar-refractivity contribution in [3.8, 4) is 0 Å². The fourth-order valence-corrected chi connectivity index (χ4v) is 7.57. The molecular weight excluding hydrogens is 288 g/mol. The van der Waals surface area contributed by atoms with E-state index in [-0.39, 0.29) is 11.5 Å². The van der Waals surface area contributed by atoms with Crippen LogP contribution in [0.4, 0.5) is 0 Å². The highest BCUT2D eigenvalue weighted by Gasteiger charge is 2.64. The first-order valence-corrected chi connectivity index (χ1v) is 9.95. The fourth-order valence-electron chi connectivity index (χ4n) is 7.57. The third kappa shape index (κ3) is 2.19.